The van der Waals surface area contributed by atoms with Crippen LogP contribution in [0.15, 0.2) is 72.8 Å². The number of halogens is 1. The zero-order valence-corrected chi connectivity index (χ0v) is 25.4. The Balaban J connectivity index is 1.74. The highest BCUT2D eigenvalue weighted by Gasteiger charge is 2.34. The molecule has 0 aliphatic heterocycles. The molecule has 4 rings (SSSR count). The van der Waals surface area contributed by atoms with Gasteiger partial charge in [0, 0.05) is 24.0 Å². The van der Waals surface area contributed by atoms with Crippen LogP contribution < -0.4 is 9.62 Å². The minimum absolute atomic E-state index is 0.0655. The lowest BCUT2D eigenvalue weighted by atomic mass is 10.0. The van der Waals surface area contributed by atoms with E-state index in [1.807, 2.05) is 68.4 Å². The van der Waals surface area contributed by atoms with E-state index in [-0.39, 0.29) is 18.5 Å². The molecule has 1 aliphatic rings. The summed E-state index contributed by atoms with van der Waals surface area (Å²) in [7, 11) is -3.82. The Labute approximate surface area is 248 Å². The van der Waals surface area contributed by atoms with E-state index in [4.69, 9.17) is 11.6 Å². The third kappa shape index (κ3) is 8.33. The number of rotatable bonds is 11. The summed E-state index contributed by atoms with van der Waals surface area (Å²) in [5.41, 5.74) is 3.75. The minimum Gasteiger partial charge on any atom is -0.352 e. The van der Waals surface area contributed by atoms with Gasteiger partial charge in [0.1, 0.15) is 12.6 Å². The predicted octanol–water partition coefficient (Wildman–Crippen LogP) is 5.42. The number of carbonyl (C=O) groups is 2. The SMILES string of the molecule is Cc1ccc(C)c(N(CC(=O)N(Cc2ccc(Cl)cc2)[C@@H](Cc2ccccc2)C(=O)NC2CCCC2)S(C)(=O)=O)c1. The molecule has 1 saturated carbocycles. The minimum atomic E-state index is -3.82. The summed E-state index contributed by atoms with van der Waals surface area (Å²) in [6, 6.07) is 21.4. The largest absolute Gasteiger partial charge is 0.352 e. The average molecular weight is 596 g/mol. The highest BCUT2D eigenvalue weighted by atomic mass is 35.5. The second kappa shape index (κ2) is 13.5. The van der Waals surface area contributed by atoms with Crippen LogP contribution in [-0.4, -0.2) is 50.0 Å². The molecule has 0 radical (unpaired) electrons. The number of nitrogens with zero attached hydrogens (tertiary/aromatic N) is 2. The topological polar surface area (TPSA) is 86.8 Å². The molecule has 41 heavy (non-hydrogen) atoms. The molecule has 0 bridgehead atoms. The van der Waals surface area contributed by atoms with Gasteiger partial charge in [-0.3, -0.25) is 13.9 Å². The van der Waals surface area contributed by atoms with Crippen molar-refractivity contribution in [1.29, 1.82) is 0 Å². The van der Waals surface area contributed by atoms with Crippen LogP contribution in [0.5, 0.6) is 0 Å². The van der Waals surface area contributed by atoms with Gasteiger partial charge in [-0.15, -0.1) is 0 Å². The van der Waals surface area contributed by atoms with E-state index >= 15 is 0 Å². The van der Waals surface area contributed by atoms with Crippen molar-refractivity contribution >= 4 is 39.1 Å². The first kappa shape index (κ1) is 30.6. The van der Waals surface area contributed by atoms with Crippen LogP contribution in [0.2, 0.25) is 5.02 Å². The zero-order valence-electron chi connectivity index (χ0n) is 23.8. The molecular formula is C32H38ClN3O4S. The van der Waals surface area contributed by atoms with E-state index in [2.05, 4.69) is 5.32 Å². The van der Waals surface area contributed by atoms with Gasteiger partial charge < -0.3 is 10.2 Å². The van der Waals surface area contributed by atoms with Crippen LogP contribution in [-0.2, 0) is 32.6 Å². The van der Waals surface area contributed by atoms with E-state index < -0.39 is 28.5 Å². The fourth-order valence-corrected chi connectivity index (χ4v) is 6.32. The summed E-state index contributed by atoms with van der Waals surface area (Å²) in [5, 5.41) is 3.74. The molecule has 218 valence electrons. The Kier molecular flexibility index (Phi) is 10.1. The predicted molar refractivity (Wildman–Crippen MR) is 164 cm³/mol. The normalized spacial score (nSPS) is 14.4. The Morgan fingerprint density at radius 2 is 1.61 bits per heavy atom. The number of amides is 2. The highest BCUT2D eigenvalue weighted by Crippen LogP contribution is 2.26. The maximum atomic E-state index is 14.2. The van der Waals surface area contributed by atoms with E-state index in [0.717, 1.165) is 58.5 Å². The molecule has 0 spiro atoms. The lowest BCUT2D eigenvalue weighted by molar-refractivity contribution is -0.140. The lowest BCUT2D eigenvalue weighted by Crippen LogP contribution is -2.54. The van der Waals surface area contributed by atoms with Crippen molar-refractivity contribution in [3.63, 3.8) is 0 Å². The molecule has 9 heteroatoms. The summed E-state index contributed by atoms with van der Waals surface area (Å²) >= 11 is 6.12. The average Bonchev–Trinajstić information content (AvgIpc) is 3.44. The molecule has 1 atom stereocenters. The summed E-state index contributed by atoms with van der Waals surface area (Å²) in [6.07, 6.45) is 5.31. The maximum Gasteiger partial charge on any atom is 0.244 e. The van der Waals surface area contributed by atoms with Crippen LogP contribution in [0, 0.1) is 13.8 Å². The van der Waals surface area contributed by atoms with Crippen molar-refractivity contribution in [3.05, 3.63) is 100 Å². The van der Waals surface area contributed by atoms with Gasteiger partial charge in [-0.05, 0) is 67.1 Å². The van der Waals surface area contributed by atoms with E-state index in [1.165, 1.54) is 4.90 Å². The van der Waals surface area contributed by atoms with Gasteiger partial charge in [-0.25, -0.2) is 8.42 Å². The summed E-state index contributed by atoms with van der Waals surface area (Å²) in [4.78, 5) is 29.6. The van der Waals surface area contributed by atoms with E-state index in [1.54, 1.807) is 18.2 Å². The molecule has 0 heterocycles. The Morgan fingerprint density at radius 1 is 0.951 bits per heavy atom. The number of anilines is 1. The molecule has 0 aromatic heterocycles. The number of aryl methyl sites for hydroxylation is 2. The fraction of sp³-hybridized carbons (Fsp3) is 0.375. The summed E-state index contributed by atoms with van der Waals surface area (Å²) < 4.78 is 27.2. The van der Waals surface area contributed by atoms with Crippen molar-refractivity contribution in [2.45, 2.75) is 64.6 Å². The molecule has 3 aromatic rings. The van der Waals surface area contributed by atoms with Gasteiger partial charge in [0.2, 0.25) is 21.8 Å². The number of benzene rings is 3. The third-order valence-corrected chi connectivity index (χ3v) is 8.93. The van der Waals surface area contributed by atoms with Crippen molar-refractivity contribution in [2.75, 3.05) is 17.1 Å². The van der Waals surface area contributed by atoms with E-state index in [9.17, 15) is 18.0 Å². The van der Waals surface area contributed by atoms with Gasteiger partial charge in [0.25, 0.3) is 0 Å². The first-order valence-corrected chi connectivity index (χ1v) is 16.2. The molecular weight excluding hydrogens is 558 g/mol. The number of nitrogens with one attached hydrogen (secondary N) is 1. The monoisotopic (exact) mass is 595 g/mol. The molecule has 1 N–H and O–H groups in total. The van der Waals surface area contributed by atoms with Crippen LogP contribution in [0.1, 0.15) is 47.9 Å². The quantitative estimate of drug-likeness (QED) is 0.321. The molecule has 3 aromatic carbocycles. The molecule has 0 saturated heterocycles. The van der Waals surface area contributed by atoms with Gasteiger partial charge >= 0.3 is 0 Å². The third-order valence-electron chi connectivity index (χ3n) is 7.55. The smallest absolute Gasteiger partial charge is 0.244 e. The Bertz CT molecular complexity index is 1460. The molecule has 1 aliphatic carbocycles. The molecule has 0 unspecified atom stereocenters. The molecule has 2 amide bonds. The van der Waals surface area contributed by atoms with Crippen LogP contribution in [0.3, 0.4) is 0 Å². The maximum absolute atomic E-state index is 14.2. The van der Waals surface area contributed by atoms with Crippen molar-refractivity contribution < 1.29 is 18.0 Å². The first-order valence-electron chi connectivity index (χ1n) is 13.9. The Morgan fingerprint density at radius 3 is 2.24 bits per heavy atom. The fourth-order valence-electron chi connectivity index (χ4n) is 5.29. The molecule has 1 fully saturated rings. The van der Waals surface area contributed by atoms with E-state index in [0.29, 0.717) is 17.1 Å². The standard InChI is InChI=1S/C32H38ClN3O4S/c1-23-13-14-24(2)29(19-23)36(41(3,39)40)22-31(37)35(21-26-15-17-27(33)18-16-26)30(20-25-9-5-4-6-10-25)32(38)34-28-11-7-8-12-28/h4-6,9-10,13-19,28,30H,7-8,11-12,20-22H2,1-3H3,(H,34,38)/t30-/m0/s1. The Hall–Kier alpha value is -3.36. The summed E-state index contributed by atoms with van der Waals surface area (Å²) in [5.74, 6) is -0.700. The first-order chi connectivity index (χ1) is 19.5. The van der Waals surface area contributed by atoms with Crippen molar-refractivity contribution in [2.24, 2.45) is 0 Å². The number of hydrogen-bond acceptors (Lipinski definition) is 4. The van der Waals surface area contributed by atoms with Gasteiger partial charge in [0.15, 0.2) is 0 Å². The number of carbonyl (C=O) groups excluding carboxylic acids is 2. The van der Waals surface area contributed by atoms with Crippen molar-refractivity contribution in [3.8, 4) is 0 Å². The second-order valence-corrected chi connectivity index (χ2v) is 13.2. The van der Waals surface area contributed by atoms with Gasteiger partial charge in [0.05, 0.1) is 11.9 Å². The number of sulfonamides is 1. The molecule has 7 nitrogen and oxygen atoms in total. The van der Waals surface area contributed by atoms with Crippen LogP contribution in [0.25, 0.3) is 0 Å². The van der Waals surface area contributed by atoms with Crippen molar-refractivity contribution in [1.82, 2.24) is 10.2 Å². The van der Waals surface area contributed by atoms with Crippen LogP contribution >= 0.6 is 11.6 Å². The second-order valence-electron chi connectivity index (χ2n) is 10.9. The lowest BCUT2D eigenvalue weighted by Gasteiger charge is -2.34. The van der Waals surface area contributed by atoms with Crippen LogP contribution in [0.4, 0.5) is 5.69 Å². The number of hydrogen-bond donors (Lipinski definition) is 1. The zero-order chi connectivity index (χ0) is 29.6. The van der Waals surface area contributed by atoms with Gasteiger partial charge in [-0.2, -0.15) is 0 Å². The summed E-state index contributed by atoms with van der Waals surface area (Å²) in [6.45, 7) is 3.38. The highest BCUT2D eigenvalue weighted by molar-refractivity contribution is 7.92. The van der Waals surface area contributed by atoms with Gasteiger partial charge in [-0.1, -0.05) is 79.0 Å².